The van der Waals surface area contributed by atoms with E-state index in [4.69, 9.17) is 23.2 Å². The van der Waals surface area contributed by atoms with Crippen molar-refractivity contribution < 1.29 is 9.18 Å². The lowest BCUT2D eigenvalue weighted by molar-refractivity contribution is 0.0862. The molecule has 1 heterocycles. The Balaban J connectivity index is 1.68. The van der Waals surface area contributed by atoms with Crippen molar-refractivity contribution in [3.63, 3.8) is 0 Å². The molecule has 29 heavy (non-hydrogen) atoms. The maximum absolute atomic E-state index is 13.5. The molecule has 3 nitrogen and oxygen atoms in total. The summed E-state index contributed by atoms with van der Waals surface area (Å²) in [5, 5.41) is 0.628. The summed E-state index contributed by atoms with van der Waals surface area (Å²) in [6.45, 7) is 4.08. The van der Waals surface area contributed by atoms with Gasteiger partial charge in [-0.05, 0) is 47.2 Å². The highest BCUT2D eigenvalue weighted by atomic mass is 35.5. The van der Waals surface area contributed by atoms with Crippen LogP contribution in [0.25, 0.3) is 11.0 Å². The summed E-state index contributed by atoms with van der Waals surface area (Å²) in [4.78, 5) is 18.2. The van der Waals surface area contributed by atoms with E-state index in [0.29, 0.717) is 10.9 Å². The van der Waals surface area contributed by atoms with Gasteiger partial charge in [-0.2, -0.15) is 0 Å². The molecule has 0 aliphatic heterocycles. The normalized spacial score (nSPS) is 19.9. The van der Waals surface area contributed by atoms with Gasteiger partial charge in [0.25, 0.3) is 0 Å². The summed E-state index contributed by atoms with van der Waals surface area (Å²) >= 11 is 13.2. The molecular weight excluding hydrogens is 430 g/mol. The molecule has 0 radical (unpaired) electrons. The lowest BCUT2D eigenvalue weighted by atomic mass is 10.1. The number of hydrogen-bond acceptors (Lipinski definition) is 3. The number of thioether (sulfide) groups is 1. The number of nitrogens with zero attached hydrogens (tertiary/aromatic N) is 2. The van der Waals surface area contributed by atoms with Gasteiger partial charge in [0.15, 0.2) is 5.16 Å². The van der Waals surface area contributed by atoms with Gasteiger partial charge in [-0.25, -0.2) is 9.37 Å². The van der Waals surface area contributed by atoms with Crippen LogP contribution < -0.4 is 0 Å². The second-order valence-electron chi connectivity index (χ2n) is 7.75. The van der Waals surface area contributed by atoms with Crippen LogP contribution in [-0.4, -0.2) is 15.5 Å². The van der Waals surface area contributed by atoms with E-state index in [1.54, 1.807) is 22.8 Å². The van der Waals surface area contributed by atoms with Gasteiger partial charge >= 0.3 is 0 Å². The van der Waals surface area contributed by atoms with Gasteiger partial charge in [-0.3, -0.25) is 9.36 Å². The SMILES string of the molecule is CC1(C)[C@@H](C=C(Cl)Cl)[C@@H]1C(=O)n1c(SCc2ccc(F)cc2)nc2ccccc21. The Labute approximate surface area is 182 Å². The molecule has 7 heteroatoms. The van der Waals surface area contributed by atoms with E-state index in [-0.39, 0.29) is 33.5 Å². The number of benzene rings is 2. The number of halogens is 3. The Morgan fingerprint density at radius 3 is 2.59 bits per heavy atom. The molecule has 1 aromatic heterocycles. The summed E-state index contributed by atoms with van der Waals surface area (Å²) in [5.74, 6) is 0.0612. The smallest absolute Gasteiger partial charge is 0.237 e. The molecule has 150 valence electrons. The van der Waals surface area contributed by atoms with Crippen LogP contribution in [0.3, 0.4) is 0 Å². The van der Waals surface area contributed by atoms with E-state index in [1.165, 1.54) is 23.9 Å². The first-order valence-electron chi connectivity index (χ1n) is 9.21. The highest BCUT2D eigenvalue weighted by molar-refractivity contribution is 7.98. The average molecular weight is 449 g/mol. The Hall–Kier alpha value is -1.82. The topological polar surface area (TPSA) is 34.9 Å². The highest BCUT2D eigenvalue weighted by Gasteiger charge is 2.61. The van der Waals surface area contributed by atoms with Gasteiger partial charge in [0, 0.05) is 5.75 Å². The third kappa shape index (κ3) is 3.96. The molecule has 0 spiro atoms. The number of carbonyl (C=O) groups excluding carboxylic acids is 1. The van der Waals surface area contributed by atoms with E-state index in [2.05, 4.69) is 4.98 Å². The van der Waals surface area contributed by atoms with Crippen LogP contribution in [0.4, 0.5) is 4.39 Å². The van der Waals surface area contributed by atoms with Crippen molar-refractivity contribution in [1.29, 1.82) is 0 Å². The molecular formula is C22H19Cl2FN2OS. The summed E-state index contributed by atoms with van der Waals surface area (Å²) < 4.78 is 15.0. The Bertz CT molecular complexity index is 1100. The minimum absolute atomic E-state index is 0.0128. The van der Waals surface area contributed by atoms with E-state index in [0.717, 1.165) is 16.6 Å². The van der Waals surface area contributed by atoms with Crippen molar-refractivity contribution in [3.05, 3.63) is 70.5 Å². The Morgan fingerprint density at radius 2 is 1.90 bits per heavy atom. The average Bonchev–Trinajstić information content (AvgIpc) is 3.03. The second-order valence-corrected chi connectivity index (χ2v) is 9.70. The van der Waals surface area contributed by atoms with Crippen molar-refractivity contribution >= 4 is 51.9 Å². The van der Waals surface area contributed by atoms with Crippen LogP contribution in [-0.2, 0) is 5.75 Å². The van der Waals surface area contributed by atoms with Crippen molar-refractivity contribution in [3.8, 4) is 0 Å². The standard InChI is InChI=1S/C22H19Cl2FN2OS/c1-22(2)15(11-18(23)24)19(22)20(28)27-17-6-4-3-5-16(17)26-21(27)29-12-13-7-9-14(25)10-8-13/h3-11,15,19H,12H2,1-2H3/t15-,19+/m0/s1. The molecule has 2 aromatic carbocycles. The van der Waals surface area contributed by atoms with Gasteiger partial charge in [0.2, 0.25) is 5.91 Å². The Kier molecular flexibility index (Phi) is 5.49. The third-order valence-electron chi connectivity index (χ3n) is 5.51. The minimum Gasteiger partial charge on any atom is -0.274 e. The van der Waals surface area contributed by atoms with Gasteiger partial charge in [0.05, 0.1) is 17.0 Å². The number of fused-ring (bicyclic) bond motifs is 1. The van der Waals surface area contributed by atoms with E-state index in [9.17, 15) is 9.18 Å². The summed E-state index contributed by atoms with van der Waals surface area (Å²) in [7, 11) is 0. The highest BCUT2D eigenvalue weighted by Crippen LogP contribution is 2.60. The van der Waals surface area contributed by atoms with Gasteiger partial charge in [0.1, 0.15) is 10.3 Å². The minimum atomic E-state index is -0.269. The molecule has 1 aliphatic rings. The second kappa shape index (κ2) is 7.78. The van der Waals surface area contributed by atoms with Gasteiger partial charge < -0.3 is 0 Å². The number of allylic oxidation sites excluding steroid dienone is 1. The fourth-order valence-electron chi connectivity index (χ4n) is 3.78. The third-order valence-corrected chi connectivity index (χ3v) is 6.78. The number of para-hydroxylation sites is 2. The first-order chi connectivity index (χ1) is 13.8. The van der Waals surface area contributed by atoms with Crippen LogP contribution >= 0.6 is 35.0 Å². The fraction of sp³-hybridized carbons (Fsp3) is 0.273. The molecule has 0 unspecified atom stereocenters. The number of carbonyl (C=O) groups is 1. The monoisotopic (exact) mass is 448 g/mol. The van der Waals surface area contributed by atoms with Gasteiger partial charge in [-0.15, -0.1) is 0 Å². The number of aromatic nitrogens is 2. The van der Waals surface area contributed by atoms with Crippen LogP contribution in [0, 0.1) is 23.1 Å². The predicted octanol–water partition coefficient (Wildman–Crippen LogP) is 6.70. The van der Waals surface area contributed by atoms with Crippen molar-refractivity contribution in [2.24, 2.45) is 17.3 Å². The van der Waals surface area contributed by atoms with E-state index < -0.39 is 0 Å². The zero-order valence-electron chi connectivity index (χ0n) is 15.9. The summed E-state index contributed by atoms with van der Waals surface area (Å²) in [6.07, 6.45) is 1.75. The van der Waals surface area contributed by atoms with Crippen LogP contribution in [0.1, 0.15) is 24.2 Å². The lowest BCUT2D eigenvalue weighted by Crippen LogP contribution is -2.17. The zero-order valence-corrected chi connectivity index (χ0v) is 18.2. The molecule has 0 saturated heterocycles. The molecule has 3 aromatic rings. The van der Waals surface area contributed by atoms with Crippen molar-refractivity contribution in [1.82, 2.24) is 9.55 Å². The summed E-state index contributed by atoms with van der Waals surface area (Å²) in [6, 6.07) is 13.9. The lowest BCUT2D eigenvalue weighted by Gasteiger charge is -2.09. The maximum atomic E-state index is 13.5. The Morgan fingerprint density at radius 1 is 1.21 bits per heavy atom. The first kappa shape index (κ1) is 20.5. The molecule has 2 atom stereocenters. The molecule has 0 bridgehead atoms. The maximum Gasteiger partial charge on any atom is 0.237 e. The van der Waals surface area contributed by atoms with E-state index >= 15 is 0 Å². The van der Waals surface area contributed by atoms with E-state index in [1.807, 2.05) is 38.1 Å². The largest absolute Gasteiger partial charge is 0.274 e. The molecule has 1 aliphatic carbocycles. The number of hydrogen-bond donors (Lipinski definition) is 0. The molecule has 1 saturated carbocycles. The zero-order chi connectivity index (χ0) is 20.8. The number of rotatable bonds is 5. The molecule has 1 fully saturated rings. The quantitative estimate of drug-likeness (QED) is 0.407. The summed E-state index contributed by atoms with van der Waals surface area (Å²) in [5.41, 5.74) is 2.28. The predicted molar refractivity (Wildman–Crippen MR) is 117 cm³/mol. The number of imidazole rings is 1. The molecule has 0 amide bonds. The van der Waals surface area contributed by atoms with Crippen LogP contribution in [0.2, 0.25) is 0 Å². The van der Waals surface area contributed by atoms with Crippen LogP contribution in [0.15, 0.2) is 64.3 Å². The molecule has 4 rings (SSSR count). The first-order valence-corrected chi connectivity index (χ1v) is 10.9. The fourth-order valence-corrected chi connectivity index (χ4v) is 5.02. The molecule has 0 N–H and O–H groups in total. The van der Waals surface area contributed by atoms with Crippen LogP contribution in [0.5, 0.6) is 0 Å². The van der Waals surface area contributed by atoms with Gasteiger partial charge in [-0.1, -0.05) is 73.1 Å². The van der Waals surface area contributed by atoms with Crippen molar-refractivity contribution in [2.45, 2.75) is 24.8 Å². The van der Waals surface area contributed by atoms with Crippen molar-refractivity contribution in [2.75, 3.05) is 0 Å².